The Balaban J connectivity index is 1.50. The molecule has 1 fully saturated rings. The minimum Gasteiger partial charge on any atom is -0.491 e. The Morgan fingerprint density at radius 2 is 2.00 bits per heavy atom. The molecule has 2 aromatic rings. The van der Waals surface area contributed by atoms with Crippen LogP contribution in [0.5, 0.6) is 5.75 Å². The van der Waals surface area contributed by atoms with Crippen molar-refractivity contribution in [2.24, 2.45) is 0 Å². The molecule has 3 rings (SSSR count). The highest BCUT2D eigenvalue weighted by molar-refractivity contribution is 7.17. The SMILES string of the molecule is Cc1nc(NC(=O)CN2CCC[C@@](O)(COc3ccccc3)CC2)sc1C(=O)N(C)C. The lowest BCUT2D eigenvalue weighted by Crippen LogP contribution is -2.38. The fourth-order valence-electron chi connectivity index (χ4n) is 3.48. The third-order valence-electron chi connectivity index (χ3n) is 5.27. The van der Waals surface area contributed by atoms with Crippen LogP contribution in [0.25, 0.3) is 0 Å². The molecule has 9 heteroatoms. The van der Waals surface area contributed by atoms with Crippen molar-refractivity contribution in [3.8, 4) is 5.75 Å². The summed E-state index contributed by atoms with van der Waals surface area (Å²) in [6.07, 6.45) is 1.93. The minimum atomic E-state index is -0.908. The van der Waals surface area contributed by atoms with Crippen LogP contribution >= 0.6 is 11.3 Å². The predicted molar refractivity (Wildman–Crippen MR) is 121 cm³/mol. The molecule has 31 heavy (non-hydrogen) atoms. The maximum absolute atomic E-state index is 12.5. The van der Waals surface area contributed by atoms with Gasteiger partial charge in [0.1, 0.15) is 17.2 Å². The van der Waals surface area contributed by atoms with E-state index in [1.54, 1.807) is 21.0 Å². The van der Waals surface area contributed by atoms with Crippen molar-refractivity contribution >= 4 is 28.3 Å². The average Bonchev–Trinajstić information content (AvgIpc) is 2.99. The average molecular weight is 447 g/mol. The molecule has 1 saturated heterocycles. The van der Waals surface area contributed by atoms with E-state index in [1.807, 2.05) is 35.2 Å². The monoisotopic (exact) mass is 446 g/mol. The first-order valence-corrected chi connectivity index (χ1v) is 11.2. The number of amides is 2. The maximum Gasteiger partial charge on any atom is 0.265 e. The van der Waals surface area contributed by atoms with Gasteiger partial charge in [0.25, 0.3) is 5.91 Å². The molecule has 2 amide bonds. The number of aliphatic hydroxyl groups is 1. The molecule has 0 radical (unpaired) electrons. The lowest BCUT2D eigenvalue weighted by molar-refractivity contribution is -0.117. The van der Waals surface area contributed by atoms with Gasteiger partial charge in [0, 0.05) is 20.6 Å². The van der Waals surface area contributed by atoms with Gasteiger partial charge >= 0.3 is 0 Å². The Hall–Kier alpha value is -2.49. The van der Waals surface area contributed by atoms with E-state index in [9.17, 15) is 14.7 Å². The first kappa shape index (κ1) is 23.2. The smallest absolute Gasteiger partial charge is 0.265 e. The number of rotatable bonds is 7. The maximum atomic E-state index is 12.5. The zero-order valence-electron chi connectivity index (χ0n) is 18.3. The summed E-state index contributed by atoms with van der Waals surface area (Å²) in [6, 6.07) is 9.46. The Kier molecular flexibility index (Phi) is 7.64. The first-order valence-electron chi connectivity index (χ1n) is 10.4. The number of hydrogen-bond acceptors (Lipinski definition) is 7. The van der Waals surface area contributed by atoms with E-state index in [4.69, 9.17) is 4.74 Å². The van der Waals surface area contributed by atoms with Crippen molar-refractivity contribution in [2.75, 3.05) is 45.7 Å². The molecule has 0 spiro atoms. The Labute approximate surface area is 186 Å². The molecule has 0 unspecified atom stereocenters. The molecule has 1 aromatic carbocycles. The molecule has 1 aliphatic rings. The summed E-state index contributed by atoms with van der Waals surface area (Å²) in [5.41, 5.74) is -0.299. The van der Waals surface area contributed by atoms with Crippen LogP contribution in [0.1, 0.15) is 34.6 Å². The number of carbonyl (C=O) groups is 2. The van der Waals surface area contributed by atoms with Crippen LogP contribution < -0.4 is 10.1 Å². The Bertz CT molecular complexity index is 902. The highest BCUT2D eigenvalue weighted by Gasteiger charge is 2.31. The van der Waals surface area contributed by atoms with Crippen molar-refractivity contribution in [2.45, 2.75) is 31.8 Å². The van der Waals surface area contributed by atoms with Crippen LogP contribution in [0.2, 0.25) is 0 Å². The molecule has 2 N–H and O–H groups in total. The number of carbonyl (C=O) groups excluding carboxylic acids is 2. The number of nitrogens with one attached hydrogen (secondary N) is 1. The van der Waals surface area contributed by atoms with E-state index in [-0.39, 0.29) is 25.0 Å². The van der Waals surface area contributed by atoms with Crippen molar-refractivity contribution in [3.05, 3.63) is 40.9 Å². The van der Waals surface area contributed by atoms with Gasteiger partial charge in [-0.3, -0.25) is 14.5 Å². The number of nitrogens with zero attached hydrogens (tertiary/aromatic N) is 3. The van der Waals surface area contributed by atoms with E-state index in [0.717, 1.165) is 18.7 Å². The van der Waals surface area contributed by atoms with Gasteiger partial charge in [0.15, 0.2) is 5.13 Å². The molecule has 8 nitrogen and oxygen atoms in total. The Morgan fingerprint density at radius 3 is 2.71 bits per heavy atom. The van der Waals surface area contributed by atoms with E-state index < -0.39 is 5.60 Å². The fraction of sp³-hybridized carbons (Fsp3) is 0.500. The summed E-state index contributed by atoms with van der Waals surface area (Å²) in [7, 11) is 3.37. The lowest BCUT2D eigenvalue weighted by atomic mass is 9.96. The summed E-state index contributed by atoms with van der Waals surface area (Å²) >= 11 is 1.19. The van der Waals surface area contributed by atoms with Crippen LogP contribution in [0.4, 0.5) is 5.13 Å². The number of aryl methyl sites for hydroxylation is 1. The highest BCUT2D eigenvalue weighted by atomic mass is 32.1. The largest absolute Gasteiger partial charge is 0.491 e. The third kappa shape index (κ3) is 6.49. The van der Waals surface area contributed by atoms with Crippen LogP contribution in [0, 0.1) is 6.92 Å². The molecular weight excluding hydrogens is 416 g/mol. The number of aromatic nitrogens is 1. The molecule has 0 saturated carbocycles. The van der Waals surface area contributed by atoms with E-state index in [2.05, 4.69) is 10.3 Å². The van der Waals surface area contributed by atoms with Gasteiger partial charge in [-0.05, 0) is 44.9 Å². The van der Waals surface area contributed by atoms with Crippen molar-refractivity contribution < 1.29 is 19.4 Å². The zero-order valence-corrected chi connectivity index (χ0v) is 19.1. The minimum absolute atomic E-state index is 0.125. The predicted octanol–water partition coefficient (Wildman–Crippen LogP) is 2.39. The Morgan fingerprint density at radius 1 is 1.26 bits per heavy atom. The van der Waals surface area contributed by atoms with Gasteiger partial charge in [-0.2, -0.15) is 0 Å². The summed E-state index contributed by atoms with van der Waals surface area (Å²) in [6.45, 7) is 3.53. The van der Waals surface area contributed by atoms with Crippen LogP contribution in [-0.2, 0) is 4.79 Å². The third-order valence-corrected chi connectivity index (χ3v) is 6.33. The van der Waals surface area contributed by atoms with Crippen molar-refractivity contribution in [1.82, 2.24) is 14.8 Å². The van der Waals surface area contributed by atoms with Gasteiger partial charge in [-0.1, -0.05) is 29.5 Å². The molecule has 0 aliphatic carbocycles. The highest BCUT2D eigenvalue weighted by Crippen LogP contribution is 2.25. The summed E-state index contributed by atoms with van der Waals surface area (Å²) in [5, 5.41) is 14.2. The van der Waals surface area contributed by atoms with Crippen LogP contribution in [0.15, 0.2) is 30.3 Å². The van der Waals surface area contributed by atoms with Crippen LogP contribution in [-0.4, -0.2) is 77.6 Å². The van der Waals surface area contributed by atoms with Crippen molar-refractivity contribution in [1.29, 1.82) is 0 Å². The number of likely N-dealkylation sites (tertiary alicyclic amines) is 1. The van der Waals surface area contributed by atoms with Crippen LogP contribution in [0.3, 0.4) is 0 Å². The van der Waals surface area contributed by atoms with Gasteiger partial charge < -0.3 is 20.1 Å². The van der Waals surface area contributed by atoms with Gasteiger partial charge in [-0.25, -0.2) is 4.98 Å². The van der Waals surface area contributed by atoms with E-state index in [1.165, 1.54) is 16.2 Å². The first-order chi connectivity index (χ1) is 14.8. The normalized spacial score (nSPS) is 19.5. The fourth-order valence-corrected chi connectivity index (χ4v) is 4.49. The second-order valence-corrected chi connectivity index (χ2v) is 9.14. The summed E-state index contributed by atoms with van der Waals surface area (Å²) < 4.78 is 5.76. The van der Waals surface area contributed by atoms with Crippen molar-refractivity contribution in [3.63, 3.8) is 0 Å². The second-order valence-electron chi connectivity index (χ2n) is 8.14. The molecule has 1 aromatic heterocycles. The molecule has 1 aliphatic heterocycles. The number of anilines is 1. The lowest BCUT2D eigenvalue weighted by Gasteiger charge is -2.26. The number of para-hydroxylation sites is 1. The van der Waals surface area contributed by atoms with Gasteiger partial charge in [-0.15, -0.1) is 0 Å². The van der Waals surface area contributed by atoms with Gasteiger partial charge in [0.2, 0.25) is 5.91 Å². The number of benzene rings is 1. The van der Waals surface area contributed by atoms with E-state index in [0.29, 0.717) is 35.1 Å². The zero-order chi connectivity index (χ0) is 22.4. The standard InChI is InChI=1S/C22H30N4O4S/c1-16-19(20(28)25(2)3)31-21(23-16)24-18(27)14-26-12-7-10-22(29,11-13-26)15-30-17-8-5-4-6-9-17/h4-6,8-9,29H,7,10-15H2,1-3H3,(H,23,24,27)/t22-/m0/s1. The molecular formula is C22H30N4O4S. The number of ether oxygens (including phenoxy) is 1. The summed E-state index contributed by atoms with van der Waals surface area (Å²) in [5.74, 6) is 0.436. The molecule has 0 bridgehead atoms. The molecule has 1 atom stereocenters. The summed E-state index contributed by atoms with van der Waals surface area (Å²) in [4.78, 5) is 33.0. The second kappa shape index (κ2) is 10.2. The number of hydrogen-bond donors (Lipinski definition) is 2. The molecule has 2 heterocycles. The molecule has 168 valence electrons. The quantitative estimate of drug-likeness (QED) is 0.678. The van der Waals surface area contributed by atoms with E-state index >= 15 is 0 Å². The topological polar surface area (TPSA) is 95.0 Å². The number of thiazole rings is 1. The van der Waals surface area contributed by atoms with Gasteiger partial charge in [0.05, 0.1) is 17.8 Å².